The summed E-state index contributed by atoms with van der Waals surface area (Å²) in [5, 5.41) is 18.8. The molecule has 4 bridgehead atoms. The van der Waals surface area contributed by atoms with Crippen LogP contribution in [-0.4, -0.2) is 127 Å². The third-order valence-corrected chi connectivity index (χ3v) is 13.3. The van der Waals surface area contributed by atoms with Crippen LogP contribution in [0.1, 0.15) is 123 Å². The van der Waals surface area contributed by atoms with Gasteiger partial charge in [-0.3, -0.25) is 28.8 Å². The number of carbonyl (C=O) groups is 9. The predicted molar refractivity (Wildman–Crippen MR) is 311 cm³/mol. The molecule has 5 rings (SSSR count). The zero-order chi connectivity index (χ0) is 62.6. The van der Waals surface area contributed by atoms with Crippen LogP contribution in [0.25, 0.3) is 22.3 Å². The summed E-state index contributed by atoms with van der Waals surface area (Å²) in [4.78, 5) is 126. The first kappa shape index (κ1) is 66.7. The lowest BCUT2D eigenvalue weighted by atomic mass is 9.93. The summed E-state index contributed by atoms with van der Waals surface area (Å²) in [6.07, 6.45) is -2.81. The van der Waals surface area contributed by atoms with E-state index in [4.69, 9.17) is 40.4 Å². The van der Waals surface area contributed by atoms with Crippen molar-refractivity contribution in [1.82, 2.24) is 31.5 Å². The van der Waals surface area contributed by atoms with Gasteiger partial charge in [-0.05, 0) is 166 Å². The van der Waals surface area contributed by atoms with Crippen molar-refractivity contribution < 1.29 is 75.3 Å². The van der Waals surface area contributed by atoms with E-state index in [1.54, 1.807) is 98.7 Å². The van der Waals surface area contributed by atoms with E-state index >= 15 is 9.59 Å². The number of rotatable bonds is 17. The van der Waals surface area contributed by atoms with Crippen LogP contribution in [0, 0.1) is 0 Å². The van der Waals surface area contributed by atoms with Gasteiger partial charge >= 0.3 is 18.4 Å². The topological polar surface area (TPSA) is 323 Å². The highest BCUT2D eigenvalue weighted by Crippen LogP contribution is 2.41. The number of ether oxygens (including phenoxy) is 5. The Morgan fingerprint density at radius 2 is 1.25 bits per heavy atom. The fourth-order valence-electron chi connectivity index (χ4n) is 8.42. The number of amides is 6. The van der Waals surface area contributed by atoms with E-state index in [0.717, 1.165) is 16.0 Å². The van der Waals surface area contributed by atoms with Gasteiger partial charge in [-0.1, -0.05) is 48.0 Å². The van der Waals surface area contributed by atoms with E-state index in [2.05, 4.69) is 26.6 Å². The summed E-state index contributed by atoms with van der Waals surface area (Å²) in [5.41, 5.74) is -0.852. The number of hydrogen-bond donors (Lipinski definition) is 6. The number of halogens is 1. The molecule has 454 valence electrons. The Bertz CT molecular complexity index is 3230. The minimum atomic E-state index is -4.30. The van der Waals surface area contributed by atoms with Crippen molar-refractivity contribution in [2.24, 2.45) is 5.14 Å². The van der Waals surface area contributed by atoms with Crippen LogP contribution in [-0.2, 0) is 54.6 Å². The molecule has 7 N–H and O–H groups in total. The van der Waals surface area contributed by atoms with Crippen LogP contribution in [0.15, 0.2) is 84.9 Å². The SMILES string of the molecule is C[C@H](NC(=O)[C@@H]1Cc2ccc(OC(=O)OC(C)(C)C)c(c2)-c2cc(ccc2OC(=O)OC(C)(C)C)[C@H](N(C)C(=O)[C@H](CCCCNC(=O)OC(C)(C)C)NC(=O)c2ccc(-c3ccc(Cl)cc3)cc2)C(=O)N[C@@H](C)C(=O)N1)C(=O)CS(N)(=O)=O. The van der Waals surface area contributed by atoms with Crippen molar-refractivity contribution in [2.75, 3.05) is 19.3 Å². The lowest BCUT2D eigenvalue weighted by molar-refractivity contribution is -0.141. The number of nitrogens with zero attached hydrogens (tertiary/aromatic N) is 1. The summed E-state index contributed by atoms with van der Waals surface area (Å²) >= 11 is 6.11. The van der Waals surface area contributed by atoms with E-state index in [1.165, 1.54) is 57.3 Å². The minimum absolute atomic E-state index is 0.0215. The lowest BCUT2D eigenvalue weighted by Gasteiger charge is -2.33. The molecule has 1 aliphatic rings. The number of sulfonamides is 1. The molecule has 0 saturated carbocycles. The molecule has 23 nitrogen and oxygen atoms in total. The molecule has 25 heteroatoms. The van der Waals surface area contributed by atoms with Gasteiger partial charge in [-0.25, -0.2) is 27.9 Å². The zero-order valence-corrected chi connectivity index (χ0v) is 50.6. The first-order chi connectivity index (χ1) is 39.0. The molecule has 0 aliphatic carbocycles. The summed E-state index contributed by atoms with van der Waals surface area (Å²) < 4.78 is 51.6. The van der Waals surface area contributed by atoms with Crippen LogP contribution in [0.5, 0.6) is 11.5 Å². The van der Waals surface area contributed by atoms with E-state index in [9.17, 15) is 42.0 Å². The molecule has 6 amide bonds. The maximum absolute atomic E-state index is 15.3. The zero-order valence-electron chi connectivity index (χ0n) is 49.1. The van der Waals surface area contributed by atoms with E-state index in [0.29, 0.717) is 11.4 Å². The second-order valence-electron chi connectivity index (χ2n) is 23.1. The number of unbranched alkanes of at least 4 members (excludes halogenated alkanes) is 1. The normalized spacial score (nSPS) is 16.4. The second kappa shape index (κ2) is 28.0. The highest BCUT2D eigenvalue weighted by Gasteiger charge is 2.37. The second-order valence-corrected chi connectivity index (χ2v) is 25.2. The third-order valence-electron chi connectivity index (χ3n) is 12.3. The van der Waals surface area contributed by atoms with Crippen LogP contribution in [0.4, 0.5) is 14.4 Å². The monoisotopic (exact) mass is 1200 g/mol. The Morgan fingerprint density at radius 1 is 0.714 bits per heavy atom. The van der Waals surface area contributed by atoms with Gasteiger partial charge in [0.1, 0.15) is 58.2 Å². The van der Waals surface area contributed by atoms with Crippen LogP contribution >= 0.6 is 11.6 Å². The largest absolute Gasteiger partial charge is 0.514 e. The Hall–Kier alpha value is -8.09. The fourth-order valence-corrected chi connectivity index (χ4v) is 9.19. The molecule has 0 spiro atoms. The summed E-state index contributed by atoms with van der Waals surface area (Å²) in [6, 6.07) is 14.5. The number of benzene rings is 4. The van der Waals surface area contributed by atoms with Gasteiger partial charge in [0.05, 0.1) is 6.04 Å². The Kier molecular flexibility index (Phi) is 22.2. The van der Waals surface area contributed by atoms with Crippen molar-refractivity contribution in [3.63, 3.8) is 0 Å². The minimum Gasteiger partial charge on any atom is -0.444 e. The number of nitrogens with one attached hydrogen (secondary N) is 5. The van der Waals surface area contributed by atoms with Gasteiger partial charge in [0.15, 0.2) is 5.78 Å². The van der Waals surface area contributed by atoms with E-state index in [1.807, 2.05) is 12.1 Å². The van der Waals surface area contributed by atoms with Gasteiger partial charge in [-0.2, -0.15) is 0 Å². The number of Topliss-reactive ketones (excluding diaryl/α,β-unsaturated/α-hetero) is 1. The molecule has 0 saturated heterocycles. The number of carbonyl (C=O) groups excluding carboxylic acids is 9. The Morgan fingerprint density at radius 3 is 1.80 bits per heavy atom. The van der Waals surface area contributed by atoms with Gasteiger partial charge in [-0.15, -0.1) is 0 Å². The Labute approximate surface area is 493 Å². The van der Waals surface area contributed by atoms with Crippen LogP contribution in [0.2, 0.25) is 5.02 Å². The molecule has 84 heavy (non-hydrogen) atoms. The molecule has 0 radical (unpaired) electrons. The van der Waals surface area contributed by atoms with Gasteiger partial charge < -0.3 is 55.2 Å². The average Bonchev–Trinajstić information content (AvgIpc) is 2.04. The predicted octanol–water partition coefficient (Wildman–Crippen LogP) is 7.20. The van der Waals surface area contributed by atoms with Crippen molar-refractivity contribution in [3.05, 3.63) is 107 Å². The first-order valence-electron chi connectivity index (χ1n) is 26.9. The summed E-state index contributed by atoms with van der Waals surface area (Å²) in [7, 11) is -3.01. The molecule has 1 heterocycles. The molecule has 0 aromatic heterocycles. The smallest absolute Gasteiger partial charge is 0.444 e. The molecule has 5 atom stereocenters. The molecular weight excluding hydrogens is 1130 g/mol. The molecule has 0 fully saturated rings. The molecule has 4 aromatic rings. The first-order valence-corrected chi connectivity index (χ1v) is 29.0. The van der Waals surface area contributed by atoms with E-state index < -0.39 is 117 Å². The summed E-state index contributed by atoms with van der Waals surface area (Å²) in [6.45, 7) is 17.4. The highest BCUT2D eigenvalue weighted by molar-refractivity contribution is 7.89. The Balaban J connectivity index is 1.67. The molecular formula is C59H74ClN7O16S. The standard InChI is InChI=1S/C59H74ClN7O16S/c1-33(45(68)32-84(61,77)78)63-51(71)44-30-35-16-26-46(79-55(75)82-58(6,7)8)41(29-35)42-31-39(23-27-47(42)80-56(76)83-59(9,10)11)48(52(72)64-34(2)49(69)66-44)67(12)53(73)43(15-13-14-28-62-54(74)81-57(3,4)5)65-50(70)38-19-17-36(18-20-38)37-21-24-40(60)25-22-37/h16-27,29,31,33-34,43-44,48H,13-15,28,30,32H2,1-12H3,(H,62,74)(H,63,71)(H,64,72)(H,65,70)(H,66,69)(H2,61,77,78)/t33-,34-,43-,44-,48-/m0/s1. The number of hydrogen-bond acceptors (Lipinski definition) is 16. The van der Waals surface area contributed by atoms with Gasteiger partial charge in [0, 0.05) is 41.7 Å². The van der Waals surface area contributed by atoms with Crippen LogP contribution in [0.3, 0.4) is 0 Å². The number of nitrogens with two attached hydrogens (primary N) is 1. The van der Waals surface area contributed by atoms with Crippen molar-refractivity contribution in [3.8, 4) is 33.8 Å². The maximum Gasteiger partial charge on any atom is 0.514 e. The lowest BCUT2D eigenvalue weighted by Crippen LogP contribution is -2.57. The highest BCUT2D eigenvalue weighted by atomic mass is 35.5. The number of fused-ring (bicyclic) bond motifs is 5. The summed E-state index contributed by atoms with van der Waals surface area (Å²) in [5.74, 6) is -6.80. The van der Waals surface area contributed by atoms with Crippen molar-refractivity contribution in [2.45, 2.75) is 149 Å². The van der Waals surface area contributed by atoms with Crippen molar-refractivity contribution >= 4 is 75.3 Å². The molecule has 4 aromatic carbocycles. The molecule has 1 aliphatic heterocycles. The average molecular weight is 1200 g/mol. The number of alkyl carbamates (subject to hydrolysis) is 1. The van der Waals surface area contributed by atoms with Gasteiger partial charge in [0.2, 0.25) is 33.7 Å². The van der Waals surface area contributed by atoms with Crippen LogP contribution < -0.4 is 41.2 Å². The maximum atomic E-state index is 15.3. The quantitative estimate of drug-likeness (QED) is 0.0263. The fraction of sp³-hybridized carbons (Fsp3) is 0.441. The van der Waals surface area contributed by atoms with Crippen molar-refractivity contribution in [1.29, 1.82) is 0 Å². The van der Waals surface area contributed by atoms with Gasteiger partial charge in [0.25, 0.3) is 5.91 Å². The third kappa shape index (κ3) is 20.7. The molecule has 0 unspecified atom stereocenters. The van der Waals surface area contributed by atoms with E-state index in [-0.39, 0.29) is 65.1 Å². The number of likely N-dealkylation sites (N-methyl/N-ethyl adjacent to an activating group) is 1. The number of ketones is 1. The number of primary sulfonamides is 1.